The lowest BCUT2D eigenvalue weighted by molar-refractivity contribution is 0.324. The molecule has 0 saturated carbocycles. The van der Waals surface area contributed by atoms with Crippen LogP contribution < -0.4 is 9.46 Å². The van der Waals surface area contributed by atoms with Gasteiger partial charge in [0, 0.05) is 11.4 Å². The highest BCUT2D eigenvalue weighted by atomic mass is 32.2. The summed E-state index contributed by atoms with van der Waals surface area (Å²) >= 11 is 1.65. The molecule has 2 nitrogen and oxygen atoms in total. The Morgan fingerprint density at radius 1 is 1.00 bits per heavy atom. The van der Waals surface area contributed by atoms with E-state index in [0.29, 0.717) is 12.5 Å². The van der Waals surface area contributed by atoms with Crippen LogP contribution in [-0.4, -0.2) is 13.2 Å². The maximum Gasteiger partial charge on any atom is 0.119 e. The third-order valence-electron chi connectivity index (χ3n) is 3.47. The van der Waals surface area contributed by atoms with E-state index in [9.17, 15) is 0 Å². The third kappa shape index (κ3) is 7.58. The van der Waals surface area contributed by atoms with Crippen LogP contribution in [0.2, 0.25) is 0 Å². The molecule has 0 heterocycles. The maximum absolute atomic E-state index is 5.63. The molecule has 0 spiro atoms. The fraction of sp³-hybridized carbons (Fsp3) is 0.400. The molecule has 0 aliphatic heterocycles. The first-order valence-corrected chi connectivity index (χ1v) is 9.28. The summed E-state index contributed by atoms with van der Waals surface area (Å²) in [5, 5.41) is 0. The molecule has 0 fully saturated rings. The summed E-state index contributed by atoms with van der Waals surface area (Å²) in [7, 11) is 0. The molecule has 0 aromatic heterocycles. The summed E-state index contributed by atoms with van der Waals surface area (Å²) in [5.74, 6) is 1.55. The Kier molecular flexibility index (Phi) is 10.3. The van der Waals surface area contributed by atoms with Gasteiger partial charge in [0.1, 0.15) is 12.4 Å². The lowest BCUT2D eigenvalue weighted by Crippen LogP contribution is -2.14. The van der Waals surface area contributed by atoms with Gasteiger partial charge in [0.15, 0.2) is 0 Å². The number of nitrogens with one attached hydrogen (secondary N) is 1. The molecule has 1 N–H and O–H groups in total. The van der Waals surface area contributed by atoms with Gasteiger partial charge in [0.2, 0.25) is 0 Å². The summed E-state index contributed by atoms with van der Waals surface area (Å²) in [5.41, 5.74) is 1.41. The summed E-state index contributed by atoms with van der Waals surface area (Å²) in [6.07, 6.45) is 1.18. The average Bonchev–Trinajstić information content (AvgIpc) is 2.64. The van der Waals surface area contributed by atoms with E-state index in [4.69, 9.17) is 4.74 Å². The van der Waals surface area contributed by atoms with E-state index in [1.165, 1.54) is 16.9 Å². The highest BCUT2D eigenvalue weighted by Gasteiger charge is 2.02. The quantitative estimate of drug-likeness (QED) is 0.480. The second-order valence-corrected chi connectivity index (χ2v) is 6.00. The van der Waals surface area contributed by atoms with Crippen molar-refractivity contribution in [3.8, 4) is 5.75 Å². The largest absolute Gasteiger partial charge is 0.492 e. The number of para-hydroxylation sites is 1. The van der Waals surface area contributed by atoms with Crippen LogP contribution in [0.4, 0.5) is 0 Å². The van der Waals surface area contributed by atoms with E-state index >= 15 is 0 Å². The van der Waals surface area contributed by atoms with Crippen molar-refractivity contribution in [2.45, 2.75) is 44.9 Å². The molecule has 126 valence electrons. The molecule has 1 unspecified atom stereocenters. The smallest absolute Gasteiger partial charge is 0.119 e. The Hall–Kier alpha value is -1.45. The topological polar surface area (TPSA) is 21.3 Å². The lowest BCUT2D eigenvalue weighted by atomic mass is 9.99. The molecule has 0 bridgehead atoms. The van der Waals surface area contributed by atoms with Crippen LogP contribution >= 0.6 is 11.9 Å². The molecule has 0 radical (unpaired) electrons. The fourth-order valence-corrected chi connectivity index (χ4v) is 2.59. The number of benzene rings is 2. The highest BCUT2D eigenvalue weighted by molar-refractivity contribution is 7.97. The van der Waals surface area contributed by atoms with E-state index in [1.54, 1.807) is 11.9 Å². The van der Waals surface area contributed by atoms with Crippen molar-refractivity contribution in [2.24, 2.45) is 0 Å². The molecule has 1 atom stereocenters. The van der Waals surface area contributed by atoms with Gasteiger partial charge < -0.3 is 4.74 Å². The van der Waals surface area contributed by atoms with Crippen molar-refractivity contribution in [3.05, 3.63) is 60.2 Å². The predicted octanol–water partition coefficient (Wildman–Crippen LogP) is 5.90. The normalized spacial score (nSPS) is 11.3. The Bertz CT molecular complexity index is 513. The van der Waals surface area contributed by atoms with Gasteiger partial charge in [-0.3, -0.25) is 4.72 Å². The van der Waals surface area contributed by atoms with Crippen LogP contribution in [0.5, 0.6) is 5.75 Å². The molecule has 0 amide bonds. The minimum absolute atomic E-state index is 0.635. The first kappa shape index (κ1) is 19.6. The average molecular weight is 332 g/mol. The minimum atomic E-state index is 0.635. The monoisotopic (exact) mass is 331 g/mol. The Morgan fingerprint density at radius 2 is 1.65 bits per heavy atom. The fourth-order valence-electron chi connectivity index (χ4n) is 1.96. The first-order chi connectivity index (χ1) is 11.3. The van der Waals surface area contributed by atoms with E-state index < -0.39 is 0 Å². The van der Waals surface area contributed by atoms with Crippen LogP contribution in [0, 0.1) is 0 Å². The summed E-state index contributed by atoms with van der Waals surface area (Å²) < 4.78 is 8.96. The zero-order chi connectivity index (χ0) is 16.9. The van der Waals surface area contributed by atoms with Gasteiger partial charge in [-0.05, 0) is 54.1 Å². The van der Waals surface area contributed by atoms with Crippen LogP contribution in [0.25, 0.3) is 0 Å². The summed E-state index contributed by atoms with van der Waals surface area (Å²) in [6.45, 7) is 9.97. The van der Waals surface area contributed by atoms with Gasteiger partial charge >= 0.3 is 0 Å². The second kappa shape index (κ2) is 12.0. The van der Waals surface area contributed by atoms with Gasteiger partial charge in [-0.15, -0.1) is 0 Å². The SMILES string of the molecule is CC.CCC(C)c1ccc(SNCCOc2ccccc2)cc1. The number of rotatable bonds is 8. The standard InChI is InChI=1S/C18H23NOS.C2H6/c1-3-15(2)16-9-11-18(12-10-16)21-19-13-14-20-17-7-5-4-6-8-17;1-2/h4-12,15,19H,3,13-14H2,1-2H3;1-2H3. The van der Waals surface area contributed by atoms with Crippen molar-refractivity contribution >= 4 is 11.9 Å². The maximum atomic E-state index is 5.63. The van der Waals surface area contributed by atoms with Gasteiger partial charge in [-0.1, -0.05) is 58.0 Å². The van der Waals surface area contributed by atoms with Crippen molar-refractivity contribution < 1.29 is 4.74 Å². The molecule has 2 rings (SSSR count). The molecule has 0 aliphatic carbocycles. The molecule has 0 saturated heterocycles. The summed E-state index contributed by atoms with van der Waals surface area (Å²) in [6, 6.07) is 18.7. The number of ether oxygens (including phenoxy) is 1. The Morgan fingerprint density at radius 3 is 2.26 bits per heavy atom. The van der Waals surface area contributed by atoms with Gasteiger partial charge in [-0.25, -0.2) is 0 Å². The predicted molar refractivity (Wildman–Crippen MR) is 102 cm³/mol. The zero-order valence-corrected chi connectivity index (χ0v) is 15.5. The lowest BCUT2D eigenvalue weighted by Gasteiger charge is -2.10. The zero-order valence-electron chi connectivity index (χ0n) is 14.7. The second-order valence-electron chi connectivity index (χ2n) is 5.04. The molecule has 2 aromatic carbocycles. The van der Waals surface area contributed by atoms with Crippen molar-refractivity contribution in [2.75, 3.05) is 13.2 Å². The molecule has 2 aromatic rings. The van der Waals surface area contributed by atoms with E-state index in [1.807, 2.05) is 44.2 Å². The summed E-state index contributed by atoms with van der Waals surface area (Å²) in [4.78, 5) is 1.24. The van der Waals surface area contributed by atoms with Crippen molar-refractivity contribution in [3.63, 3.8) is 0 Å². The van der Waals surface area contributed by atoms with Crippen LogP contribution in [0.3, 0.4) is 0 Å². The Labute approximate surface area is 145 Å². The number of hydrogen-bond donors (Lipinski definition) is 1. The Balaban J connectivity index is 0.00000127. The third-order valence-corrected chi connectivity index (χ3v) is 4.32. The van der Waals surface area contributed by atoms with E-state index in [-0.39, 0.29) is 0 Å². The molecular formula is C20H29NOS. The van der Waals surface area contributed by atoms with Crippen molar-refractivity contribution in [1.82, 2.24) is 4.72 Å². The molecular weight excluding hydrogens is 302 g/mol. The van der Waals surface area contributed by atoms with Gasteiger partial charge in [0.05, 0.1) is 0 Å². The van der Waals surface area contributed by atoms with Crippen LogP contribution in [0.1, 0.15) is 45.6 Å². The van der Waals surface area contributed by atoms with Gasteiger partial charge in [0.25, 0.3) is 0 Å². The molecule has 3 heteroatoms. The highest BCUT2D eigenvalue weighted by Crippen LogP contribution is 2.22. The van der Waals surface area contributed by atoms with Crippen molar-refractivity contribution in [1.29, 1.82) is 0 Å². The number of hydrogen-bond acceptors (Lipinski definition) is 3. The first-order valence-electron chi connectivity index (χ1n) is 8.47. The minimum Gasteiger partial charge on any atom is -0.492 e. The van der Waals surface area contributed by atoms with Crippen LogP contribution in [0.15, 0.2) is 59.5 Å². The van der Waals surface area contributed by atoms with E-state index in [0.717, 1.165) is 12.3 Å². The van der Waals surface area contributed by atoms with Gasteiger partial charge in [-0.2, -0.15) is 0 Å². The molecule has 0 aliphatic rings. The molecule has 23 heavy (non-hydrogen) atoms. The van der Waals surface area contributed by atoms with Crippen LogP contribution in [-0.2, 0) is 0 Å². The van der Waals surface area contributed by atoms with E-state index in [2.05, 4.69) is 42.8 Å².